The van der Waals surface area contributed by atoms with Gasteiger partial charge in [-0.25, -0.2) is 0 Å². The standard InChI is InChI=1S/C17H18O/c1-12-15-10-6-7-11-16(15)13(2)17(12,18)14-8-4-3-5-9-14/h3-13,18H,1-2H3/t12-,13+,17?. The van der Waals surface area contributed by atoms with E-state index in [1.165, 1.54) is 11.1 Å². The van der Waals surface area contributed by atoms with Gasteiger partial charge in [0.2, 0.25) is 0 Å². The van der Waals surface area contributed by atoms with Gasteiger partial charge in [-0.2, -0.15) is 0 Å². The van der Waals surface area contributed by atoms with Crippen LogP contribution in [0.1, 0.15) is 42.4 Å². The van der Waals surface area contributed by atoms with Crippen molar-refractivity contribution in [2.45, 2.75) is 31.3 Å². The molecular weight excluding hydrogens is 220 g/mol. The lowest BCUT2D eigenvalue weighted by Gasteiger charge is -2.33. The summed E-state index contributed by atoms with van der Waals surface area (Å²) in [6.45, 7) is 4.24. The number of fused-ring (bicyclic) bond motifs is 1. The fourth-order valence-corrected chi connectivity index (χ4v) is 3.35. The van der Waals surface area contributed by atoms with Crippen LogP contribution in [-0.2, 0) is 5.60 Å². The highest BCUT2D eigenvalue weighted by molar-refractivity contribution is 5.46. The number of benzene rings is 2. The molecule has 0 spiro atoms. The van der Waals surface area contributed by atoms with Gasteiger partial charge in [-0.3, -0.25) is 0 Å². The van der Waals surface area contributed by atoms with E-state index in [-0.39, 0.29) is 11.8 Å². The molecule has 3 rings (SSSR count). The summed E-state index contributed by atoms with van der Waals surface area (Å²) < 4.78 is 0. The van der Waals surface area contributed by atoms with Gasteiger partial charge < -0.3 is 5.11 Å². The average Bonchev–Trinajstić information content (AvgIpc) is 2.64. The smallest absolute Gasteiger partial charge is 0.103 e. The van der Waals surface area contributed by atoms with Crippen molar-refractivity contribution < 1.29 is 5.11 Å². The van der Waals surface area contributed by atoms with E-state index in [0.29, 0.717) is 0 Å². The summed E-state index contributed by atoms with van der Waals surface area (Å²) in [4.78, 5) is 0. The Balaban J connectivity index is 2.16. The molecule has 0 saturated heterocycles. The Morgan fingerprint density at radius 2 is 1.22 bits per heavy atom. The molecular formula is C17H18O. The molecule has 0 saturated carbocycles. The number of hydrogen-bond acceptors (Lipinski definition) is 1. The lowest BCUT2D eigenvalue weighted by molar-refractivity contribution is 0.00304. The predicted molar refractivity (Wildman–Crippen MR) is 73.6 cm³/mol. The normalized spacial score (nSPS) is 30.2. The van der Waals surface area contributed by atoms with Crippen molar-refractivity contribution in [3.05, 3.63) is 71.3 Å². The van der Waals surface area contributed by atoms with Crippen molar-refractivity contribution in [1.82, 2.24) is 0 Å². The summed E-state index contributed by atoms with van der Waals surface area (Å²) in [6, 6.07) is 18.4. The zero-order chi connectivity index (χ0) is 12.8. The van der Waals surface area contributed by atoms with Crippen LogP contribution in [0.2, 0.25) is 0 Å². The summed E-state index contributed by atoms with van der Waals surface area (Å²) in [5.74, 6) is 0.261. The molecule has 1 nitrogen and oxygen atoms in total. The molecule has 0 aromatic heterocycles. The van der Waals surface area contributed by atoms with E-state index < -0.39 is 5.60 Å². The fraction of sp³-hybridized carbons (Fsp3) is 0.294. The highest BCUT2D eigenvalue weighted by Crippen LogP contribution is 2.54. The Hall–Kier alpha value is -1.60. The van der Waals surface area contributed by atoms with Gasteiger partial charge >= 0.3 is 0 Å². The zero-order valence-corrected chi connectivity index (χ0v) is 10.8. The first-order valence-corrected chi connectivity index (χ1v) is 6.52. The van der Waals surface area contributed by atoms with Crippen LogP contribution in [-0.4, -0.2) is 5.11 Å². The van der Waals surface area contributed by atoms with Crippen molar-refractivity contribution in [2.24, 2.45) is 0 Å². The highest BCUT2D eigenvalue weighted by atomic mass is 16.3. The van der Waals surface area contributed by atoms with Gasteiger partial charge in [0, 0.05) is 11.8 Å². The second kappa shape index (κ2) is 3.96. The Morgan fingerprint density at radius 1 is 0.778 bits per heavy atom. The van der Waals surface area contributed by atoms with Crippen molar-refractivity contribution >= 4 is 0 Å². The van der Waals surface area contributed by atoms with Gasteiger partial charge in [0.15, 0.2) is 0 Å². The van der Waals surface area contributed by atoms with Crippen LogP contribution in [0.25, 0.3) is 0 Å². The van der Waals surface area contributed by atoms with Crippen molar-refractivity contribution in [1.29, 1.82) is 0 Å². The van der Waals surface area contributed by atoms with Gasteiger partial charge in [-0.15, -0.1) is 0 Å². The highest BCUT2D eigenvalue weighted by Gasteiger charge is 2.48. The zero-order valence-electron chi connectivity index (χ0n) is 10.8. The molecule has 1 N–H and O–H groups in total. The molecule has 2 aromatic carbocycles. The van der Waals surface area contributed by atoms with E-state index in [1.807, 2.05) is 30.3 Å². The fourth-order valence-electron chi connectivity index (χ4n) is 3.35. The first-order valence-electron chi connectivity index (χ1n) is 6.52. The summed E-state index contributed by atoms with van der Waals surface area (Å²) in [5, 5.41) is 11.2. The SMILES string of the molecule is C[C@@H]1c2ccccc2[C@H](C)C1(O)c1ccccc1. The summed E-state index contributed by atoms with van der Waals surface area (Å²) >= 11 is 0. The van der Waals surface area contributed by atoms with Gasteiger partial charge in [0.05, 0.1) is 0 Å². The van der Waals surface area contributed by atoms with Gasteiger partial charge in [0.25, 0.3) is 0 Å². The number of hydrogen-bond donors (Lipinski definition) is 1. The second-order valence-corrected chi connectivity index (χ2v) is 5.26. The van der Waals surface area contributed by atoms with E-state index in [4.69, 9.17) is 0 Å². The number of aliphatic hydroxyl groups is 1. The molecule has 2 aromatic rings. The maximum Gasteiger partial charge on any atom is 0.103 e. The van der Waals surface area contributed by atoms with E-state index in [9.17, 15) is 5.11 Å². The Morgan fingerprint density at radius 3 is 1.72 bits per heavy atom. The lowest BCUT2D eigenvalue weighted by Crippen LogP contribution is -2.32. The van der Waals surface area contributed by atoms with E-state index in [2.05, 4.69) is 38.1 Å². The third-order valence-electron chi connectivity index (χ3n) is 4.49. The van der Waals surface area contributed by atoms with Crippen molar-refractivity contribution in [3.8, 4) is 0 Å². The topological polar surface area (TPSA) is 20.2 Å². The van der Waals surface area contributed by atoms with Crippen LogP contribution in [0.15, 0.2) is 54.6 Å². The molecule has 1 aliphatic rings. The summed E-state index contributed by atoms with van der Waals surface area (Å²) in [7, 11) is 0. The predicted octanol–water partition coefficient (Wildman–Crippen LogP) is 3.80. The van der Waals surface area contributed by atoms with Crippen LogP contribution < -0.4 is 0 Å². The minimum atomic E-state index is -0.787. The first-order chi connectivity index (χ1) is 8.65. The van der Waals surface area contributed by atoms with Crippen LogP contribution in [0.4, 0.5) is 0 Å². The molecule has 0 amide bonds. The third-order valence-corrected chi connectivity index (χ3v) is 4.49. The quantitative estimate of drug-likeness (QED) is 0.801. The van der Waals surface area contributed by atoms with Crippen LogP contribution in [0.5, 0.6) is 0 Å². The monoisotopic (exact) mass is 238 g/mol. The molecule has 18 heavy (non-hydrogen) atoms. The van der Waals surface area contributed by atoms with Crippen LogP contribution >= 0.6 is 0 Å². The molecule has 0 aliphatic heterocycles. The molecule has 0 fully saturated rings. The molecule has 92 valence electrons. The molecule has 0 bridgehead atoms. The molecule has 1 unspecified atom stereocenters. The van der Waals surface area contributed by atoms with E-state index in [0.717, 1.165) is 5.56 Å². The lowest BCUT2D eigenvalue weighted by atomic mass is 9.78. The minimum absolute atomic E-state index is 0.131. The Kier molecular flexibility index (Phi) is 2.53. The van der Waals surface area contributed by atoms with E-state index >= 15 is 0 Å². The van der Waals surface area contributed by atoms with E-state index in [1.54, 1.807) is 0 Å². The maximum absolute atomic E-state index is 11.2. The molecule has 1 heteroatoms. The third kappa shape index (κ3) is 1.37. The summed E-state index contributed by atoms with van der Waals surface area (Å²) in [6.07, 6.45) is 0. The molecule has 3 atom stereocenters. The van der Waals surface area contributed by atoms with Crippen LogP contribution in [0.3, 0.4) is 0 Å². The van der Waals surface area contributed by atoms with Crippen molar-refractivity contribution in [3.63, 3.8) is 0 Å². The average molecular weight is 238 g/mol. The summed E-state index contributed by atoms with van der Waals surface area (Å²) in [5.41, 5.74) is 2.78. The van der Waals surface area contributed by atoms with Gasteiger partial charge in [-0.1, -0.05) is 68.4 Å². The first kappa shape index (κ1) is 11.5. The van der Waals surface area contributed by atoms with Crippen molar-refractivity contribution in [2.75, 3.05) is 0 Å². The Labute approximate surface area is 108 Å². The van der Waals surface area contributed by atoms with Crippen LogP contribution in [0, 0.1) is 0 Å². The number of rotatable bonds is 1. The minimum Gasteiger partial charge on any atom is -0.384 e. The van der Waals surface area contributed by atoms with Gasteiger partial charge in [-0.05, 0) is 16.7 Å². The molecule has 1 aliphatic carbocycles. The maximum atomic E-state index is 11.2. The molecule has 0 radical (unpaired) electrons. The van der Waals surface area contributed by atoms with Gasteiger partial charge in [0.1, 0.15) is 5.60 Å². The Bertz CT molecular complexity index is 530. The second-order valence-electron chi connectivity index (χ2n) is 5.26. The molecule has 0 heterocycles. The largest absolute Gasteiger partial charge is 0.384 e.